The van der Waals surface area contributed by atoms with E-state index in [1.54, 1.807) is 4.90 Å². The van der Waals surface area contributed by atoms with E-state index in [2.05, 4.69) is 5.32 Å². The molecule has 2 aromatic rings. The third-order valence-electron chi connectivity index (χ3n) is 7.70. The Balaban J connectivity index is 1.29. The van der Waals surface area contributed by atoms with Crippen molar-refractivity contribution in [3.05, 3.63) is 53.2 Å². The van der Waals surface area contributed by atoms with Crippen molar-refractivity contribution in [2.24, 2.45) is 0 Å². The van der Waals surface area contributed by atoms with E-state index in [1.165, 1.54) is 4.90 Å². The molecule has 3 heterocycles. The Kier molecular flexibility index (Phi) is 10.9. The number of hydrogen-bond donors (Lipinski definition) is 1. The van der Waals surface area contributed by atoms with Gasteiger partial charge in [-0.3, -0.25) is 19.3 Å². The molecule has 45 heavy (non-hydrogen) atoms. The highest BCUT2D eigenvalue weighted by atomic mass is 16.6. The highest BCUT2D eigenvalue weighted by Crippen LogP contribution is 2.37. The molecule has 1 aromatic carbocycles. The molecule has 0 bridgehead atoms. The molecular weight excluding hydrogens is 572 g/mol. The van der Waals surface area contributed by atoms with Gasteiger partial charge in [0.25, 0.3) is 0 Å². The lowest BCUT2D eigenvalue weighted by Gasteiger charge is -2.31. The van der Waals surface area contributed by atoms with E-state index < -0.39 is 11.2 Å². The molecule has 0 saturated carbocycles. The quantitative estimate of drug-likeness (QED) is 0.276. The Hall–Kier alpha value is -3.95. The number of hydrogen-bond acceptors (Lipinski definition) is 7. The molecule has 0 spiro atoms. The van der Waals surface area contributed by atoms with Crippen molar-refractivity contribution < 1.29 is 28.7 Å². The summed E-state index contributed by atoms with van der Waals surface area (Å²) < 4.78 is 11.1. The zero-order valence-electron chi connectivity index (χ0n) is 27.6. The Morgan fingerprint density at radius 1 is 0.956 bits per heavy atom. The first-order chi connectivity index (χ1) is 21.2. The molecule has 4 rings (SSSR count). The van der Waals surface area contributed by atoms with Crippen LogP contribution in [0.1, 0.15) is 103 Å². The Bertz CT molecular complexity index is 1390. The van der Waals surface area contributed by atoms with E-state index in [4.69, 9.17) is 14.5 Å². The van der Waals surface area contributed by atoms with E-state index >= 15 is 0 Å². The zero-order valence-corrected chi connectivity index (χ0v) is 27.6. The average Bonchev–Trinajstić information content (AvgIpc) is 3.07. The number of pyridine rings is 1. The minimum absolute atomic E-state index is 0.0815. The topological polar surface area (TPSA) is 118 Å². The standard InChI is InChI=1S/C35H48N4O6/c1-34(2,3)44-31(42)22-25-17-19-30(41)39(28-15-8-7-14-27(25)28)23-29(40)36-20-10-9-13-26-18-16-24-12-11-21-38(32(24)37-26)33(43)45-35(4,5)6/h7-8,14-16,18,25H,9-13,17,19-23H2,1-6H3,(H,36,40). The SMILES string of the molecule is CC(C)(C)OC(=O)CC1CCC(=O)N(CC(=O)NCCCCc2ccc3c(n2)N(C(=O)OC(C)(C)C)CCC3)c2ccccc21. The average molecular weight is 621 g/mol. The molecule has 10 heteroatoms. The summed E-state index contributed by atoms with van der Waals surface area (Å²) in [7, 11) is 0. The van der Waals surface area contributed by atoms with Gasteiger partial charge in [-0.25, -0.2) is 9.78 Å². The molecule has 3 amide bonds. The summed E-state index contributed by atoms with van der Waals surface area (Å²) in [6.45, 7) is 12.0. The van der Waals surface area contributed by atoms with Crippen LogP contribution in [0.2, 0.25) is 0 Å². The molecule has 0 saturated heterocycles. The van der Waals surface area contributed by atoms with Gasteiger partial charge in [0.2, 0.25) is 11.8 Å². The smallest absolute Gasteiger partial charge is 0.416 e. The lowest BCUT2D eigenvalue weighted by atomic mass is 9.91. The summed E-state index contributed by atoms with van der Waals surface area (Å²) >= 11 is 0. The van der Waals surface area contributed by atoms with E-state index in [-0.39, 0.29) is 49.2 Å². The van der Waals surface area contributed by atoms with Crippen molar-refractivity contribution >= 4 is 35.4 Å². The van der Waals surface area contributed by atoms with E-state index in [0.29, 0.717) is 37.4 Å². The van der Waals surface area contributed by atoms with Crippen molar-refractivity contribution in [3.63, 3.8) is 0 Å². The first-order valence-corrected chi connectivity index (χ1v) is 16.1. The first kappa shape index (κ1) is 33.9. The van der Waals surface area contributed by atoms with Crippen LogP contribution in [0.5, 0.6) is 0 Å². The van der Waals surface area contributed by atoms with Crippen molar-refractivity contribution in [1.82, 2.24) is 10.3 Å². The van der Waals surface area contributed by atoms with Gasteiger partial charge in [-0.05, 0) is 109 Å². The molecule has 244 valence electrons. The number of nitrogens with zero attached hydrogens (tertiary/aromatic N) is 3. The van der Waals surface area contributed by atoms with Crippen LogP contribution < -0.4 is 15.1 Å². The molecule has 2 aliphatic rings. The second-order valence-corrected chi connectivity index (χ2v) is 13.9. The minimum Gasteiger partial charge on any atom is -0.460 e. The number of benzene rings is 1. The number of amides is 3. The summed E-state index contributed by atoms with van der Waals surface area (Å²) in [6.07, 6.45) is 4.56. The van der Waals surface area contributed by atoms with Crippen LogP contribution in [-0.2, 0) is 36.7 Å². The van der Waals surface area contributed by atoms with Gasteiger partial charge in [0.15, 0.2) is 0 Å². The summed E-state index contributed by atoms with van der Waals surface area (Å²) in [5.74, 6) is -0.155. The van der Waals surface area contributed by atoms with Crippen molar-refractivity contribution in [1.29, 1.82) is 0 Å². The number of aromatic nitrogens is 1. The Morgan fingerprint density at radius 3 is 2.42 bits per heavy atom. The number of esters is 1. The lowest BCUT2D eigenvalue weighted by Crippen LogP contribution is -2.41. The van der Waals surface area contributed by atoms with Gasteiger partial charge in [0.05, 0.1) is 6.42 Å². The second kappa shape index (κ2) is 14.4. The molecule has 1 N–H and O–H groups in total. The van der Waals surface area contributed by atoms with Gasteiger partial charge in [0.1, 0.15) is 23.6 Å². The van der Waals surface area contributed by atoms with Gasteiger partial charge >= 0.3 is 12.1 Å². The summed E-state index contributed by atoms with van der Waals surface area (Å²) in [6, 6.07) is 11.5. The van der Waals surface area contributed by atoms with Crippen molar-refractivity contribution in [2.45, 2.75) is 110 Å². The minimum atomic E-state index is -0.582. The van der Waals surface area contributed by atoms with Gasteiger partial charge in [-0.2, -0.15) is 0 Å². The molecule has 0 radical (unpaired) electrons. The molecule has 1 unspecified atom stereocenters. The maximum atomic E-state index is 13.1. The molecule has 1 aromatic heterocycles. The highest BCUT2D eigenvalue weighted by molar-refractivity contribution is 6.00. The fourth-order valence-electron chi connectivity index (χ4n) is 5.74. The third-order valence-corrected chi connectivity index (χ3v) is 7.70. The number of carbonyl (C=O) groups excluding carboxylic acids is 4. The van der Waals surface area contributed by atoms with Crippen LogP contribution >= 0.6 is 0 Å². The fourth-order valence-corrected chi connectivity index (χ4v) is 5.74. The number of carbonyl (C=O) groups is 4. The summed E-state index contributed by atoms with van der Waals surface area (Å²) in [5.41, 5.74) is 2.33. The number of fused-ring (bicyclic) bond motifs is 2. The van der Waals surface area contributed by atoms with E-state index in [1.807, 2.05) is 77.9 Å². The molecule has 2 aliphatic heterocycles. The van der Waals surface area contributed by atoms with Crippen molar-refractivity contribution in [2.75, 3.05) is 29.4 Å². The monoisotopic (exact) mass is 620 g/mol. The number of aryl methyl sites for hydroxylation is 2. The summed E-state index contributed by atoms with van der Waals surface area (Å²) in [5, 5.41) is 2.95. The van der Waals surface area contributed by atoms with E-state index in [9.17, 15) is 19.2 Å². The third kappa shape index (κ3) is 9.77. The highest BCUT2D eigenvalue weighted by Gasteiger charge is 2.32. The second-order valence-electron chi connectivity index (χ2n) is 13.9. The van der Waals surface area contributed by atoms with Gasteiger partial charge < -0.3 is 19.7 Å². The predicted octanol–water partition coefficient (Wildman–Crippen LogP) is 5.85. The first-order valence-electron chi connectivity index (χ1n) is 16.1. The van der Waals surface area contributed by atoms with Crippen LogP contribution in [0, 0.1) is 0 Å². The van der Waals surface area contributed by atoms with Crippen LogP contribution in [0.3, 0.4) is 0 Å². The number of para-hydroxylation sites is 1. The maximum Gasteiger partial charge on any atom is 0.416 e. The molecule has 0 fully saturated rings. The normalized spacial score (nSPS) is 16.8. The number of unbranched alkanes of at least 4 members (excludes halogenated alkanes) is 1. The van der Waals surface area contributed by atoms with Gasteiger partial charge in [-0.15, -0.1) is 0 Å². The fraction of sp³-hybridized carbons (Fsp3) is 0.571. The molecule has 10 nitrogen and oxygen atoms in total. The molecule has 0 aliphatic carbocycles. The zero-order chi connectivity index (χ0) is 32.8. The maximum absolute atomic E-state index is 13.1. The van der Waals surface area contributed by atoms with Gasteiger partial charge in [-0.1, -0.05) is 24.3 Å². The lowest BCUT2D eigenvalue weighted by molar-refractivity contribution is -0.155. The Labute approximate surface area is 266 Å². The molecule has 1 atom stereocenters. The van der Waals surface area contributed by atoms with Crippen LogP contribution in [-0.4, -0.2) is 59.7 Å². The number of ether oxygens (including phenoxy) is 2. The number of rotatable bonds is 9. The molecular formula is C35H48N4O6. The number of anilines is 2. The van der Waals surface area contributed by atoms with Crippen LogP contribution in [0.4, 0.5) is 16.3 Å². The summed E-state index contributed by atoms with van der Waals surface area (Å²) in [4.78, 5) is 59.4. The number of nitrogens with one attached hydrogen (secondary N) is 1. The predicted molar refractivity (Wildman–Crippen MR) is 173 cm³/mol. The van der Waals surface area contributed by atoms with E-state index in [0.717, 1.165) is 42.5 Å². The van der Waals surface area contributed by atoms with Crippen LogP contribution in [0.15, 0.2) is 36.4 Å². The van der Waals surface area contributed by atoms with Crippen molar-refractivity contribution in [3.8, 4) is 0 Å². The largest absolute Gasteiger partial charge is 0.460 e. The Morgan fingerprint density at radius 2 is 1.69 bits per heavy atom. The van der Waals surface area contributed by atoms with Gasteiger partial charge in [0, 0.05) is 30.9 Å². The van der Waals surface area contributed by atoms with Crippen LogP contribution in [0.25, 0.3) is 0 Å².